The average molecular weight is 618 g/mol. The summed E-state index contributed by atoms with van der Waals surface area (Å²) in [4.78, 5) is 44.8. The molecule has 12 heteroatoms. The molecule has 4 amide bonds. The van der Waals surface area contributed by atoms with Gasteiger partial charge in [-0.1, -0.05) is 66.7 Å². The lowest BCUT2D eigenvalue weighted by Crippen LogP contribution is -2.76. The van der Waals surface area contributed by atoms with Crippen LogP contribution < -0.4 is 5.32 Å². The van der Waals surface area contributed by atoms with Gasteiger partial charge in [0.25, 0.3) is 0 Å². The Morgan fingerprint density at radius 1 is 1.00 bits per heavy atom. The molecule has 0 aromatic heterocycles. The summed E-state index contributed by atoms with van der Waals surface area (Å²) in [7, 11) is -3.59. The molecule has 2 atom stereocenters. The number of aromatic hydroxyl groups is 1. The van der Waals surface area contributed by atoms with Crippen LogP contribution in [0.15, 0.2) is 96.4 Å². The predicted molar refractivity (Wildman–Crippen MR) is 163 cm³/mol. The number of amides is 4. The van der Waals surface area contributed by atoms with Crippen molar-refractivity contribution in [1.29, 1.82) is 0 Å². The molecule has 11 nitrogen and oxygen atoms in total. The van der Waals surface area contributed by atoms with Crippen molar-refractivity contribution in [3.8, 4) is 5.75 Å². The molecule has 0 bridgehead atoms. The zero-order chi connectivity index (χ0) is 31.4. The number of urea groups is 1. The number of piperazine rings is 1. The van der Waals surface area contributed by atoms with Crippen LogP contribution >= 0.6 is 0 Å². The highest BCUT2D eigenvalue weighted by Gasteiger charge is 2.51. The number of sulfone groups is 1. The van der Waals surface area contributed by atoms with Crippen LogP contribution in [0.5, 0.6) is 5.75 Å². The van der Waals surface area contributed by atoms with Gasteiger partial charge in [-0.25, -0.2) is 23.2 Å². The lowest BCUT2D eigenvalue weighted by molar-refractivity contribution is -0.189. The molecule has 3 aromatic carbocycles. The molecule has 0 radical (unpaired) electrons. The van der Waals surface area contributed by atoms with Crippen LogP contribution in [0.1, 0.15) is 16.7 Å². The van der Waals surface area contributed by atoms with E-state index in [1.807, 2.05) is 30.3 Å². The first-order valence-electron chi connectivity index (χ1n) is 14.2. The first kappa shape index (κ1) is 30.8. The van der Waals surface area contributed by atoms with Crippen molar-refractivity contribution in [2.75, 3.05) is 25.9 Å². The number of phenols is 1. The van der Waals surface area contributed by atoms with Crippen LogP contribution in [0.2, 0.25) is 0 Å². The maximum absolute atomic E-state index is 14.1. The molecule has 2 N–H and O–H groups in total. The number of hydrazine groups is 1. The fourth-order valence-electron chi connectivity index (χ4n) is 5.76. The highest BCUT2D eigenvalue weighted by Crippen LogP contribution is 2.30. The van der Waals surface area contributed by atoms with Gasteiger partial charge in [0.15, 0.2) is 9.84 Å². The van der Waals surface area contributed by atoms with Crippen molar-refractivity contribution in [2.45, 2.75) is 36.6 Å². The Balaban J connectivity index is 1.53. The number of phenolic OH excluding ortho intramolecular Hbond substituents is 1. The summed E-state index contributed by atoms with van der Waals surface area (Å²) in [6, 6.07) is 20.8. The Morgan fingerprint density at radius 2 is 1.68 bits per heavy atom. The number of benzene rings is 3. The van der Waals surface area contributed by atoms with Crippen molar-refractivity contribution in [3.63, 3.8) is 0 Å². The summed E-state index contributed by atoms with van der Waals surface area (Å²) in [6.45, 7) is 4.04. The topological polar surface area (TPSA) is 131 Å². The Kier molecular flexibility index (Phi) is 9.02. The molecule has 0 aliphatic carbocycles. The van der Waals surface area contributed by atoms with Gasteiger partial charge in [0.05, 0.1) is 18.0 Å². The summed E-state index contributed by atoms with van der Waals surface area (Å²) in [5, 5.41) is 15.8. The van der Waals surface area contributed by atoms with Gasteiger partial charge in [0.1, 0.15) is 18.0 Å². The van der Waals surface area contributed by atoms with Crippen LogP contribution in [0, 0.1) is 0 Å². The van der Waals surface area contributed by atoms with Gasteiger partial charge in [0, 0.05) is 32.3 Å². The first-order valence-corrected chi connectivity index (χ1v) is 16.1. The number of hydrogen-bond donors (Lipinski definition) is 2. The Bertz CT molecular complexity index is 1650. The summed E-state index contributed by atoms with van der Waals surface area (Å²) in [5.41, 5.74) is 2.04. The Labute approximate surface area is 256 Å². The number of carbonyl (C=O) groups excluding carboxylic acids is 3. The standard InChI is InChI=1S/C32H35N5O6S/c1-3-17-35-22-30(39)36-27(18-23-13-15-26(38)16-14-23)31(40)34(20-25-11-7-8-12-28(25)44(2,42)43)21-29(36)37(35)32(41)33-19-24-9-5-4-6-10-24/h3-16,27,29,38H,1,17-22H2,2H3,(H,33,41)/t27-,29-/m0/s1. The maximum Gasteiger partial charge on any atom is 0.334 e. The van der Waals surface area contributed by atoms with Gasteiger partial charge >= 0.3 is 6.03 Å². The van der Waals surface area contributed by atoms with E-state index in [1.165, 1.54) is 33.0 Å². The van der Waals surface area contributed by atoms with Crippen molar-refractivity contribution in [1.82, 2.24) is 25.1 Å². The second-order valence-electron chi connectivity index (χ2n) is 10.9. The van der Waals surface area contributed by atoms with Crippen molar-refractivity contribution in [3.05, 3.63) is 108 Å². The van der Waals surface area contributed by atoms with Gasteiger partial charge in [-0.2, -0.15) is 0 Å². The number of hydrogen-bond acceptors (Lipinski definition) is 7. The third-order valence-electron chi connectivity index (χ3n) is 7.76. The Hall–Kier alpha value is -4.68. The van der Waals surface area contributed by atoms with E-state index in [9.17, 15) is 27.9 Å². The van der Waals surface area contributed by atoms with Gasteiger partial charge in [-0.15, -0.1) is 6.58 Å². The Morgan fingerprint density at radius 3 is 2.36 bits per heavy atom. The van der Waals surface area contributed by atoms with E-state index in [4.69, 9.17) is 0 Å². The number of carbonyl (C=O) groups is 3. The molecule has 5 rings (SSSR count). The normalized spacial score (nSPS) is 19.1. The highest BCUT2D eigenvalue weighted by atomic mass is 32.2. The highest BCUT2D eigenvalue weighted by molar-refractivity contribution is 7.90. The minimum atomic E-state index is -3.59. The van der Waals surface area contributed by atoms with E-state index in [1.54, 1.807) is 41.4 Å². The van der Waals surface area contributed by atoms with E-state index in [0.29, 0.717) is 11.1 Å². The number of fused-ring (bicyclic) bond motifs is 1. The molecule has 0 saturated carbocycles. The molecule has 3 aromatic rings. The second kappa shape index (κ2) is 12.9. The van der Waals surface area contributed by atoms with E-state index in [-0.39, 0.29) is 61.6 Å². The van der Waals surface area contributed by atoms with Gasteiger partial charge in [0.2, 0.25) is 11.8 Å². The van der Waals surface area contributed by atoms with Crippen LogP contribution in [-0.4, -0.2) is 89.3 Å². The zero-order valence-electron chi connectivity index (χ0n) is 24.4. The average Bonchev–Trinajstić information content (AvgIpc) is 2.99. The zero-order valence-corrected chi connectivity index (χ0v) is 25.2. The third kappa shape index (κ3) is 6.61. The minimum absolute atomic E-state index is 0.0341. The SMILES string of the molecule is C=CCN1CC(=O)N2[C@@H](Cc3ccc(O)cc3)C(=O)N(Cc3ccccc3S(C)(=O)=O)C[C@@H]2N1C(=O)NCc1ccccc1. The van der Waals surface area contributed by atoms with Gasteiger partial charge in [-0.3, -0.25) is 9.59 Å². The van der Waals surface area contributed by atoms with E-state index < -0.39 is 28.1 Å². The van der Waals surface area contributed by atoms with Gasteiger partial charge < -0.3 is 20.2 Å². The van der Waals surface area contributed by atoms with Crippen LogP contribution in [0.3, 0.4) is 0 Å². The lowest BCUT2D eigenvalue weighted by Gasteiger charge is -2.55. The summed E-state index contributed by atoms with van der Waals surface area (Å²) in [6.07, 6.45) is 1.97. The fraction of sp³-hybridized carbons (Fsp3) is 0.281. The molecule has 2 aliphatic heterocycles. The predicted octanol–water partition coefficient (Wildman–Crippen LogP) is 2.53. The van der Waals surface area contributed by atoms with Crippen LogP contribution in [0.4, 0.5) is 4.79 Å². The van der Waals surface area contributed by atoms with E-state index in [2.05, 4.69) is 11.9 Å². The number of nitrogens with one attached hydrogen (secondary N) is 1. The number of rotatable bonds is 9. The third-order valence-corrected chi connectivity index (χ3v) is 8.96. The monoisotopic (exact) mass is 617 g/mol. The molecule has 2 saturated heterocycles. The van der Waals surface area contributed by atoms with Crippen LogP contribution in [-0.2, 0) is 38.9 Å². The maximum atomic E-state index is 14.1. The van der Waals surface area contributed by atoms with Crippen LogP contribution in [0.25, 0.3) is 0 Å². The van der Waals surface area contributed by atoms with Crippen molar-refractivity contribution < 1.29 is 27.9 Å². The number of nitrogens with zero attached hydrogens (tertiary/aromatic N) is 4. The smallest absolute Gasteiger partial charge is 0.334 e. The summed E-state index contributed by atoms with van der Waals surface area (Å²) in [5.74, 6) is -0.624. The van der Waals surface area contributed by atoms with E-state index >= 15 is 0 Å². The summed E-state index contributed by atoms with van der Waals surface area (Å²) < 4.78 is 25.1. The molecule has 2 aliphatic rings. The summed E-state index contributed by atoms with van der Waals surface area (Å²) >= 11 is 0. The minimum Gasteiger partial charge on any atom is -0.508 e. The molecule has 0 spiro atoms. The van der Waals surface area contributed by atoms with E-state index in [0.717, 1.165) is 11.8 Å². The first-order chi connectivity index (χ1) is 21.1. The molecular formula is C32H35N5O6S. The second-order valence-corrected chi connectivity index (χ2v) is 12.9. The molecule has 0 unspecified atom stereocenters. The van der Waals surface area contributed by atoms with Crippen molar-refractivity contribution >= 4 is 27.7 Å². The molecule has 230 valence electrons. The quantitative estimate of drug-likeness (QED) is 0.353. The molecule has 2 fully saturated rings. The fourth-order valence-corrected chi connectivity index (χ4v) is 6.69. The van der Waals surface area contributed by atoms with Gasteiger partial charge in [-0.05, 0) is 34.9 Å². The lowest BCUT2D eigenvalue weighted by atomic mass is 9.98. The molecule has 44 heavy (non-hydrogen) atoms. The van der Waals surface area contributed by atoms with Crippen molar-refractivity contribution in [2.24, 2.45) is 0 Å². The molecular weight excluding hydrogens is 582 g/mol. The molecule has 2 heterocycles. The largest absolute Gasteiger partial charge is 0.508 e.